The van der Waals surface area contributed by atoms with Crippen LogP contribution in [0.5, 0.6) is 0 Å². The van der Waals surface area contributed by atoms with Crippen LogP contribution in [0.1, 0.15) is 30.9 Å². The van der Waals surface area contributed by atoms with E-state index >= 15 is 0 Å². The highest BCUT2D eigenvalue weighted by Crippen LogP contribution is 2.18. The summed E-state index contributed by atoms with van der Waals surface area (Å²) in [6.07, 6.45) is 1.90. The van der Waals surface area contributed by atoms with Crippen LogP contribution in [0.25, 0.3) is 0 Å². The molecule has 0 unspecified atom stereocenters. The van der Waals surface area contributed by atoms with Crippen LogP contribution < -0.4 is 10.7 Å². The van der Waals surface area contributed by atoms with Crippen LogP contribution in [-0.4, -0.2) is 23.6 Å². The Balaban J connectivity index is 1.91. The molecule has 0 aliphatic heterocycles. The number of nitrogens with one attached hydrogen (secondary N) is 2. The van der Waals surface area contributed by atoms with Gasteiger partial charge in [0.2, 0.25) is 0 Å². The van der Waals surface area contributed by atoms with Crippen molar-refractivity contribution >= 4 is 17.5 Å². The van der Waals surface area contributed by atoms with Crippen molar-refractivity contribution in [3.8, 4) is 0 Å². The first-order valence-corrected chi connectivity index (χ1v) is 6.28. The van der Waals surface area contributed by atoms with Gasteiger partial charge < -0.3 is 5.32 Å². The van der Waals surface area contributed by atoms with Gasteiger partial charge in [-0.3, -0.25) is 9.59 Å². The molecule has 5 nitrogen and oxygen atoms in total. The smallest absolute Gasteiger partial charge is 0.329 e. The molecule has 19 heavy (non-hydrogen) atoms. The van der Waals surface area contributed by atoms with Gasteiger partial charge in [0.1, 0.15) is 0 Å². The van der Waals surface area contributed by atoms with Crippen molar-refractivity contribution < 1.29 is 9.59 Å². The fraction of sp³-hybridized carbons (Fsp3) is 0.357. The Morgan fingerprint density at radius 2 is 1.79 bits per heavy atom. The van der Waals surface area contributed by atoms with Gasteiger partial charge in [-0.05, 0) is 32.3 Å². The maximum Gasteiger partial charge on any atom is 0.329 e. The predicted octanol–water partition coefficient (Wildman–Crippen LogP) is 1.11. The highest BCUT2D eigenvalue weighted by molar-refractivity contribution is 6.35. The van der Waals surface area contributed by atoms with Crippen molar-refractivity contribution in [3.63, 3.8) is 0 Å². The highest BCUT2D eigenvalue weighted by Gasteiger charge is 2.26. The Labute approximate surface area is 112 Å². The number of hydrogen-bond acceptors (Lipinski definition) is 3. The van der Waals surface area contributed by atoms with Gasteiger partial charge in [-0.15, -0.1) is 0 Å². The Morgan fingerprint density at radius 1 is 1.16 bits per heavy atom. The fourth-order valence-corrected chi connectivity index (χ4v) is 1.52. The maximum absolute atomic E-state index is 11.5. The zero-order valence-electron chi connectivity index (χ0n) is 11.1. The van der Waals surface area contributed by atoms with Gasteiger partial charge >= 0.3 is 11.8 Å². The molecule has 0 aromatic heterocycles. The average molecular weight is 259 g/mol. The quantitative estimate of drug-likeness (QED) is 0.485. The topological polar surface area (TPSA) is 70.6 Å². The second-order valence-corrected chi connectivity index (χ2v) is 4.75. The van der Waals surface area contributed by atoms with Crippen LogP contribution in [0, 0.1) is 6.92 Å². The van der Waals surface area contributed by atoms with Crippen molar-refractivity contribution in [1.82, 2.24) is 10.7 Å². The molecule has 1 aromatic carbocycles. The lowest BCUT2D eigenvalue weighted by atomic mass is 10.1. The molecule has 1 saturated carbocycles. The first kappa shape index (κ1) is 13.3. The number of amides is 2. The number of aryl methyl sites for hydroxylation is 1. The minimum atomic E-state index is -0.724. The summed E-state index contributed by atoms with van der Waals surface area (Å²) < 4.78 is 0. The van der Waals surface area contributed by atoms with E-state index in [4.69, 9.17) is 0 Å². The number of hydrazone groups is 1. The first-order valence-electron chi connectivity index (χ1n) is 6.28. The summed E-state index contributed by atoms with van der Waals surface area (Å²) in [6.45, 7) is 3.78. The number of benzene rings is 1. The van der Waals surface area contributed by atoms with Crippen molar-refractivity contribution in [1.29, 1.82) is 0 Å². The normalized spacial score (nSPS) is 14.9. The lowest BCUT2D eigenvalue weighted by molar-refractivity contribution is -0.139. The Kier molecular flexibility index (Phi) is 3.94. The number of hydrogen-bond donors (Lipinski definition) is 2. The van der Waals surface area contributed by atoms with Crippen LogP contribution in [0.3, 0.4) is 0 Å². The molecular formula is C14H17N3O2. The molecule has 1 fully saturated rings. The molecule has 0 radical (unpaired) electrons. The number of nitrogens with zero attached hydrogens (tertiary/aromatic N) is 1. The Hall–Kier alpha value is -2.17. The molecule has 100 valence electrons. The van der Waals surface area contributed by atoms with Gasteiger partial charge in [-0.2, -0.15) is 5.10 Å². The molecule has 0 bridgehead atoms. The average Bonchev–Trinajstić information content (AvgIpc) is 3.20. The molecule has 0 spiro atoms. The molecule has 0 atom stereocenters. The van der Waals surface area contributed by atoms with E-state index in [-0.39, 0.29) is 6.04 Å². The monoisotopic (exact) mass is 259 g/mol. The van der Waals surface area contributed by atoms with E-state index < -0.39 is 11.8 Å². The zero-order chi connectivity index (χ0) is 13.8. The van der Waals surface area contributed by atoms with E-state index in [0.717, 1.165) is 24.0 Å². The number of rotatable bonds is 3. The van der Waals surface area contributed by atoms with E-state index in [9.17, 15) is 9.59 Å². The van der Waals surface area contributed by atoms with Gasteiger partial charge in [0.05, 0.1) is 5.71 Å². The zero-order valence-corrected chi connectivity index (χ0v) is 11.1. The third kappa shape index (κ3) is 3.91. The van der Waals surface area contributed by atoms with Gasteiger partial charge in [-0.1, -0.05) is 29.8 Å². The second-order valence-electron chi connectivity index (χ2n) is 4.75. The summed E-state index contributed by atoms with van der Waals surface area (Å²) in [5, 5.41) is 6.53. The van der Waals surface area contributed by atoms with Gasteiger partial charge in [0.25, 0.3) is 0 Å². The van der Waals surface area contributed by atoms with Crippen molar-refractivity contribution in [3.05, 3.63) is 35.4 Å². The van der Waals surface area contributed by atoms with Gasteiger partial charge in [-0.25, -0.2) is 5.43 Å². The molecule has 0 heterocycles. The minimum absolute atomic E-state index is 0.167. The SMILES string of the molecule is C/C(=N/NC(=O)C(=O)NC1CC1)c1ccc(C)cc1. The molecule has 1 aliphatic rings. The summed E-state index contributed by atoms with van der Waals surface area (Å²) >= 11 is 0. The third-order valence-electron chi connectivity index (χ3n) is 2.91. The highest BCUT2D eigenvalue weighted by atomic mass is 16.2. The standard InChI is InChI=1S/C14H17N3O2/c1-9-3-5-11(6-4-9)10(2)16-17-14(19)13(18)15-12-7-8-12/h3-6,12H,7-8H2,1-2H3,(H,15,18)(H,17,19)/b16-10-. The third-order valence-corrected chi connectivity index (χ3v) is 2.91. The molecule has 2 N–H and O–H groups in total. The first-order chi connectivity index (χ1) is 9.06. The van der Waals surface area contributed by atoms with Crippen LogP contribution in [0.4, 0.5) is 0 Å². The Morgan fingerprint density at radius 3 is 2.37 bits per heavy atom. The van der Waals surface area contributed by atoms with Gasteiger partial charge in [0.15, 0.2) is 0 Å². The van der Waals surface area contributed by atoms with E-state index in [0.29, 0.717) is 5.71 Å². The van der Waals surface area contributed by atoms with Crippen LogP contribution in [0.15, 0.2) is 29.4 Å². The molecular weight excluding hydrogens is 242 g/mol. The number of carbonyl (C=O) groups excluding carboxylic acids is 2. The van der Waals surface area contributed by atoms with Crippen LogP contribution in [0.2, 0.25) is 0 Å². The molecule has 1 aliphatic carbocycles. The summed E-state index contributed by atoms with van der Waals surface area (Å²) in [6, 6.07) is 7.95. The summed E-state index contributed by atoms with van der Waals surface area (Å²) in [4.78, 5) is 22.9. The number of carbonyl (C=O) groups is 2. The summed E-state index contributed by atoms with van der Waals surface area (Å²) in [5.74, 6) is -1.35. The fourth-order valence-electron chi connectivity index (χ4n) is 1.52. The van der Waals surface area contributed by atoms with Crippen LogP contribution >= 0.6 is 0 Å². The second kappa shape index (κ2) is 5.65. The summed E-state index contributed by atoms with van der Waals surface area (Å²) in [5.41, 5.74) is 4.99. The van der Waals surface area contributed by atoms with Crippen LogP contribution in [-0.2, 0) is 9.59 Å². The molecule has 2 amide bonds. The lowest BCUT2D eigenvalue weighted by Gasteiger charge is -2.04. The van der Waals surface area contributed by atoms with E-state index in [1.807, 2.05) is 31.2 Å². The van der Waals surface area contributed by atoms with E-state index in [1.54, 1.807) is 6.92 Å². The molecule has 0 saturated heterocycles. The predicted molar refractivity (Wildman–Crippen MR) is 72.7 cm³/mol. The van der Waals surface area contributed by atoms with E-state index in [2.05, 4.69) is 15.8 Å². The Bertz CT molecular complexity index is 516. The molecule has 5 heteroatoms. The van der Waals surface area contributed by atoms with Crippen molar-refractivity contribution in [2.45, 2.75) is 32.7 Å². The van der Waals surface area contributed by atoms with E-state index in [1.165, 1.54) is 0 Å². The van der Waals surface area contributed by atoms with Crippen molar-refractivity contribution in [2.75, 3.05) is 0 Å². The lowest BCUT2D eigenvalue weighted by Crippen LogP contribution is -2.39. The van der Waals surface area contributed by atoms with Gasteiger partial charge in [0, 0.05) is 6.04 Å². The summed E-state index contributed by atoms with van der Waals surface area (Å²) in [7, 11) is 0. The maximum atomic E-state index is 11.5. The van der Waals surface area contributed by atoms with Crippen molar-refractivity contribution in [2.24, 2.45) is 5.10 Å². The largest absolute Gasteiger partial charge is 0.345 e. The molecule has 1 aromatic rings. The molecule has 2 rings (SSSR count). The minimum Gasteiger partial charge on any atom is -0.345 e.